The van der Waals surface area contributed by atoms with Crippen LogP contribution in [0.1, 0.15) is 34.0 Å². The van der Waals surface area contributed by atoms with E-state index in [1.54, 1.807) is 7.11 Å². The van der Waals surface area contributed by atoms with Gasteiger partial charge in [-0.3, -0.25) is 4.79 Å². The Hall–Kier alpha value is -3.11. The van der Waals surface area contributed by atoms with Crippen molar-refractivity contribution in [1.82, 2.24) is 8.87 Å². The number of carbonyl (C=O) groups excluding carboxylic acids is 1. The van der Waals surface area contributed by atoms with Crippen molar-refractivity contribution in [3.63, 3.8) is 0 Å². The first kappa shape index (κ1) is 26.9. The number of thiazole rings is 1. The smallest absolute Gasteiger partial charge is 0.279 e. The average molecular weight is 538 g/mol. The molecule has 0 aliphatic rings. The molecule has 0 saturated heterocycles. The number of methoxy groups -OCH3 is 1. The standard InChI is InChI=1S/C28H31N3O4S2/c1-5-30(19-22-9-7-6-8-10-22)37(33,34)24-13-11-23(12-14-24)27(32)29-28-31(15-16-35-4)26-21(3)17-20(2)18-25(26)36-28/h6-14,17-18H,5,15-16,19H2,1-4H3. The molecule has 194 valence electrons. The van der Waals surface area contributed by atoms with E-state index in [1.807, 2.05) is 55.7 Å². The second-order valence-corrected chi connectivity index (χ2v) is 11.8. The van der Waals surface area contributed by atoms with Crippen LogP contribution >= 0.6 is 11.3 Å². The number of fused-ring (bicyclic) bond motifs is 1. The van der Waals surface area contributed by atoms with E-state index in [1.165, 1.54) is 39.9 Å². The molecule has 0 atom stereocenters. The Kier molecular flexibility index (Phi) is 8.39. The van der Waals surface area contributed by atoms with Crippen LogP contribution in [-0.4, -0.2) is 43.5 Å². The highest BCUT2D eigenvalue weighted by Crippen LogP contribution is 2.24. The predicted octanol–water partition coefficient (Wildman–Crippen LogP) is 4.92. The van der Waals surface area contributed by atoms with Crippen molar-refractivity contribution in [2.75, 3.05) is 20.3 Å². The number of benzene rings is 3. The number of hydrogen-bond donors (Lipinski definition) is 0. The van der Waals surface area contributed by atoms with Crippen LogP contribution in [0.25, 0.3) is 10.2 Å². The molecule has 37 heavy (non-hydrogen) atoms. The summed E-state index contributed by atoms with van der Waals surface area (Å²) in [5.41, 5.74) is 4.54. The minimum atomic E-state index is -3.72. The van der Waals surface area contributed by atoms with Crippen LogP contribution in [0, 0.1) is 13.8 Å². The van der Waals surface area contributed by atoms with Crippen LogP contribution in [0.3, 0.4) is 0 Å². The minimum Gasteiger partial charge on any atom is -0.383 e. The number of carbonyl (C=O) groups is 1. The third-order valence-corrected chi connectivity index (χ3v) is 9.08. The molecule has 0 saturated carbocycles. The van der Waals surface area contributed by atoms with Gasteiger partial charge in [-0.05, 0) is 60.9 Å². The Bertz CT molecular complexity index is 1570. The molecule has 0 spiro atoms. The summed E-state index contributed by atoms with van der Waals surface area (Å²) in [5.74, 6) is -0.423. The Labute approximate surface area is 221 Å². The number of amides is 1. The van der Waals surface area contributed by atoms with Gasteiger partial charge in [0.2, 0.25) is 10.0 Å². The van der Waals surface area contributed by atoms with Crippen molar-refractivity contribution in [3.8, 4) is 0 Å². The molecular weight excluding hydrogens is 506 g/mol. The quantitative estimate of drug-likeness (QED) is 0.304. The van der Waals surface area contributed by atoms with Crippen LogP contribution in [-0.2, 0) is 27.8 Å². The number of hydrogen-bond acceptors (Lipinski definition) is 5. The summed E-state index contributed by atoms with van der Waals surface area (Å²) in [6.45, 7) is 7.57. The molecule has 0 bridgehead atoms. The fraction of sp³-hybridized carbons (Fsp3) is 0.286. The van der Waals surface area contributed by atoms with E-state index >= 15 is 0 Å². The molecule has 0 fully saturated rings. The van der Waals surface area contributed by atoms with Gasteiger partial charge in [0.25, 0.3) is 5.91 Å². The SMILES string of the molecule is CCN(Cc1ccccc1)S(=O)(=O)c1ccc(C(=O)N=c2sc3cc(C)cc(C)c3n2CCOC)cc1. The maximum atomic E-state index is 13.2. The van der Waals surface area contributed by atoms with E-state index in [9.17, 15) is 13.2 Å². The van der Waals surface area contributed by atoms with Crippen LogP contribution < -0.4 is 4.80 Å². The van der Waals surface area contributed by atoms with Gasteiger partial charge in [-0.1, -0.05) is 54.7 Å². The van der Waals surface area contributed by atoms with E-state index in [4.69, 9.17) is 4.74 Å². The summed E-state index contributed by atoms with van der Waals surface area (Å²) >= 11 is 1.46. The number of rotatable bonds is 9. The molecule has 4 rings (SSSR count). The first-order valence-corrected chi connectivity index (χ1v) is 14.3. The monoisotopic (exact) mass is 537 g/mol. The van der Waals surface area contributed by atoms with Crippen molar-refractivity contribution in [1.29, 1.82) is 0 Å². The number of sulfonamides is 1. The van der Waals surface area contributed by atoms with Crippen molar-refractivity contribution in [3.05, 3.63) is 93.8 Å². The maximum absolute atomic E-state index is 13.2. The lowest BCUT2D eigenvalue weighted by Gasteiger charge is -2.20. The minimum absolute atomic E-state index is 0.143. The summed E-state index contributed by atoms with van der Waals surface area (Å²) in [6, 6.07) is 19.7. The summed E-state index contributed by atoms with van der Waals surface area (Å²) in [4.78, 5) is 18.2. The van der Waals surface area contributed by atoms with Crippen molar-refractivity contribution >= 4 is 37.5 Å². The van der Waals surface area contributed by atoms with Gasteiger partial charge in [-0.25, -0.2) is 8.42 Å². The van der Waals surface area contributed by atoms with Crippen LogP contribution in [0.2, 0.25) is 0 Å². The van der Waals surface area contributed by atoms with Gasteiger partial charge in [-0.2, -0.15) is 9.30 Å². The van der Waals surface area contributed by atoms with Gasteiger partial charge in [-0.15, -0.1) is 0 Å². The molecule has 7 nitrogen and oxygen atoms in total. The zero-order chi connectivity index (χ0) is 26.6. The highest BCUT2D eigenvalue weighted by molar-refractivity contribution is 7.89. The number of aromatic nitrogens is 1. The highest BCUT2D eigenvalue weighted by Gasteiger charge is 2.23. The van der Waals surface area contributed by atoms with Crippen LogP contribution in [0.15, 0.2) is 76.6 Å². The molecule has 0 N–H and O–H groups in total. The van der Waals surface area contributed by atoms with Gasteiger partial charge in [0, 0.05) is 32.3 Å². The molecule has 1 heterocycles. The number of nitrogens with zero attached hydrogens (tertiary/aromatic N) is 3. The number of ether oxygens (including phenoxy) is 1. The summed E-state index contributed by atoms with van der Waals surface area (Å²) in [6.07, 6.45) is 0. The molecule has 3 aromatic carbocycles. The fourth-order valence-electron chi connectivity index (χ4n) is 4.29. The molecular formula is C28H31N3O4S2. The Morgan fingerprint density at radius 1 is 1.05 bits per heavy atom. The topological polar surface area (TPSA) is 81.0 Å². The maximum Gasteiger partial charge on any atom is 0.279 e. The highest BCUT2D eigenvalue weighted by atomic mass is 32.2. The Morgan fingerprint density at radius 3 is 2.41 bits per heavy atom. The zero-order valence-electron chi connectivity index (χ0n) is 21.5. The zero-order valence-corrected chi connectivity index (χ0v) is 23.1. The molecule has 9 heteroatoms. The molecule has 0 aliphatic heterocycles. The first-order chi connectivity index (χ1) is 17.7. The molecule has 1 amide bonds. The van der Waals surface area contributed by atoms with Crippen molar-refractivity contribution in [2.24, 2.45) is 4.99 Å². The van der Waals surface area contributed by atoms with Gasteiger partial charge in [0.15, 0.2) is 4.80 Å². The van der Waals surface area contributed by atoms with Gasteiger partial charge >= 0.3 is 0 Å². The van der Waals surface area contributed by atoms with Gasteiger partial charge in [0.1, 0.15) is 0 Å². The summed E-state index contributed by atoms with van der Waals surface area (Å²) < 4.78 is 36.3. The predicted molar refractivity (Wildman–Crippen MR) is 147 cm³/mol. The second kappa shape index (κ2) is 11.5. The molecule has 0 unspecified atom stereocenters. The first-order valence-electron chi connectivity index (χ1n) is 12.1. The van der Waals surface area contributed by atoms with Crippen LogP contribution in [0.5, 0.6) is 0 Å². The van der Waals surface area contributed by atoms with Crippen molar-refractivity contribution < 1.29 is 17.9 Å². The molecule has 0 aliphatic carbocycles. The van der Waals surface area contributed by atoms with E-state index < -0.39 is 15.9 Å². The van der Waals surface area contributed by atoms with Crippen LogP contribution in [0.4, 0.5) is 0 Å². The Morgan fingerprint density at radius 2 is 1.76 bits per heavy atom. The number of aryl methyl sites for hydroxylation is 2. The average Bonchev–Trinajstić information content (AvgIpc) is 3.23. The molecule has 0 radical (unpaired) electrons. The van der Waals surface area contributed by atoms with E-state index in [2.05, 4.69) is 17.1 Å². The lowest BCUT2D eigenvalue weighted by atomic mass is 10.1. The third kappa shape index (κ3) is 5.91. The molecule has 4 aromatic rings. The lowest BCUT2D eigenvalue weighted by molar-refractivity contribution is 0.0997. The molecule has 1 aromatic heterocycles. The van der Waals surface area contributed by atoms with E-state index in [0.717, 1.165) is 26.9 Å². The fourth-order valence-corrected chi connectivity index (χ4v) is 6.96. The van der Waals surface area contributed by atoms with Gasteiger partial charge in [0.05, 0.1) is 21.7 Å². The van der Waals surface area contributed by atoms with Gasteiger partial charge < -0.3 is 9.30 Å². The van der Waals surface area contributed by atoms with E-state index in [0.29, 0.717) is 30.1 Å². The second-order valence-electron chi connectivity index (χ2n) is 8.82. The lowest BCUT2D eigenvalue weighted by Crippen LogP contribution is -2.30. The Balaban J connectivity index is 1.64. The third-order valence-electron chi connectivity index (χ3n) is 6.12. The van der Waals surface area contributed by atoms with Crippen molar-refractivity contribution in [2.45, 2.75) is 38.8 Å². The summed E-state index contributed by atoms with van der Waals surface area (Å²) in [5, 5.41) is 0. The van der Waals surface area contributed by atoms with E-state index in [-0.39, 0.29) is 11.4 Å². The normalized spacial score (nSPS) is 12.5. The largest absolute Gasteiger partial charge is 0.383 e. The summed E-state index contributed by atoms with van der Waals surface area (Å²) in [7, 11) is -2.08.